The van der Waals surface area contributed by atoms with E-state index in [1.54, 1.807) is 24.5 Å². The van der Waals surface area contributed by atoms with Crippen LogP contribution in [0.2, 0.25) is 0 Å². The SMILES string of the molecule is O=C/C=C/c1ncccn1. The number of nitrogens with zero attached hydrogens (tertiary/aromatic N) is 2. The standard InChI is InChI=1S/C7H6N2O/c10-6-1-3-7-8-4-2-5-9-7/h1-6H/b3-1+. The maximum atomic E-state index is 9.84. The van der Waals surface area contributed by atoms with E-state index in [1.165, 1.54) is 6.08 Å². The lowest BCUT2D eigenvalue weighted by molar-refractivity contribution is -0.104. The van der Waals surface area contributed by atoms with Crippen molar-refractivity contribution in [2.75, 3.05) is 0 Å². The first-order chi connectivity index (χ1) is 4.93. The van der Waals surface area contributed by atoms with Crippen molar-refractivity contribution in [2.45, 2.75) is 0 Å². The molecule has 1 rings (SSSR count). The number of rotatable bonds is 2. The highest BCUT2D eigenvalue weighted by Crippen LogP contribution is 1.88. The summed E-state index contributed by atoms with van der Waals surface area (Å²) in [6, 6.07) is 1.72. The van der Waals surface area contributed by atoms with E-state index in [2.05, 4.69) is 9.97 Å². The molecule has 3 nitrogen and oxygen atoms in total. The van der Waals surface area contributed by atoms with Crippen LogP contribution in [0.1, 0.15) is 5.82 Å². The zero-order valence-corrected chi connectivity index (χ0v) is 5.27. The Bertz CT molecular complexity index is 231. The fourth-order valence-electron chi connectivity index (χ4n) is 0.522. The first-order valence-corrected chi connectivity index (χ1v) is 2.82. The predicted octanol–water partition coefficient (Wildman–Crippen LogP) is 0.689. The van der Waals surface area contributed by atoms with Crippen molar-refractivity contribution in [2.24, 2.45) is 0 Å². The van der Waals surface area contributed by atoms with Gasteiger partial charge in [0.1, 0.15) is 6.29 Å². The third kappa shape index (κ3) is 1.78. The Morgan fingerprint density at radius 2 is 2.00 bits per heavy atom. The highest BCUT2D eigenvalue weighted by atomic mass is 16.1. The molecule has 1 heterocycles. The third-order valence-corrected chi connectivity index (χ3v) is 0.910. The molecule has 10 heavy (non-hydrogen) atoms. The summed E-state index contributed by atoms with van der Waals surface area (Å²) in [5, 5.41) is 0. The molecule has 0 radical (unpaired) electrons. The number of carbonyl (C=O) groups excluding carboxylic acids is 1. The Morgan fingerprint density at radius 1 is 1.30 bits per heavy atom. The number of hydrogen-bond acceptors (Lipinski definition) is 3. The van der Waals surface area contributed by atoms with Crippen molar-refractivity contribution < 1.29 is 4.79 Å². The summed E-state index contributed by atoms with van der Waals surface area (Å²) in [4.78, 5) is 17.6. The molecule has 50 valence electrons. The van der Waals surface area contributed by atoms with Crippen molar-refractivity contribution in [3.05, 3.63) is 30.4 Å². The van der Waals surface area contributed by atoms with Gasteiger partial charge in [-0.15, -0.1) is 0 Å². The van der Waals surface area contributed by atoms with Crippen LogP contribution in [0.5, 0.6) is 0 Å². The van der Waals surface area contributed by atoms with E-state index in [1.807, 2.05) is 0 Å². The normalized spacial score (nSPS) is 10.0. The minimum Gasteiger partial charge on any atom is -0.299 e. The Kier molecular flexibility index (Phi) is 2.31. The number of carbonyl (C=O) groups is 1. The summed E-state index contributed by atoms with van der Waals surface area (Å²) in [5.41, 5.74) is 0. The van der Waals surface area contributed by atoms with Gasteiger partial charge in [-0.1, -0.05) is 0 Å². The van der Waals surface area contributed by atoms with Gasteiger partial charge in [-0.25, -0.2) is 9.97 Å². The molecule has 0 amide bonds. The minimum atomic E-state index is 0.551. The summed E-state index contributed by atoms with van der Waals surface area (Å²) >= 11 is 0. The smallest absolute Gasteiger partial charge is 0.151 e. The topological polar surface area (TPSA) is 42.9 Å². The van der Waals surface area contributed by atoms with E-state index in [0.29, 0.717) is 12.1 Å². The van der Waals surface area contributed by atoms with Crippen LogP contribution in [0, 0.1) is 0 Å². The van der Waals surface area contributed by atoms with Crippen molar-refractivity contribution in [3.8, 4) is 0 Å². The largest absolute Gasteiger partial charge is 0.299 e. The maximum Gasteiger partial charge on any atom is 0.151 e. The molecule has 1 aromatic rings. The summed E-state index contributed by atoms with van der Waals surface area (Å²) in [5.74, 6) is 0.551. The van der Waals surface area contributed by atoms with E-state index in [-0.39, 0.29) is 0 Å². The van der Waals surface area contributed by atoms with Crippen molar-refractivity contribution >= 4 is 12.4 Å². The molecule has 0 atom stereocenters. The van der Waals surface area contributed by atoms with Crippen LogP contribution >= 0.6 is 0 Å². The Labute approximate surface area is 58.4 Å². The van der Waals surface area contributed by atoms with Crippen LogP contribution in [0.15, 0.2) is 24.5 Å². The molecule has 0 aliphatic heterocycles. The fourth-order valence-corrected chi connectivity index (χ4v) is 0.522. The molecule has 0 bridgehead atoms. The lowest BCUT2D eigenvalue weighted by Crippen LogP contribution is -1.82. The van der Waals surface area contributed by atoms with Crippen molar-refractivity contribution in [1.82, 2.24) is 9.97 Å². The van der Waals surface area contributed by atoms with Crippen LogP contribution in [-0.4, -0.2) is 16.3 Å². The number of allylic oxidation sites excluding steroid dienone is 1. The number of aldehydes is 1. The number of aromatic nitrogens is 2. The molecule has 3 heteroatoms. The summed E-state index contributed by atoms with van der Waals surface area (Å²) in [6.45, 7) is 0. The van der Waals surface area contributed by atoms with Gasteiger partial charge in [0.2, 0.25) is 0 Å². The van der Waals surface area contributed by atoms with E-state index >= 15 is 0 Å². The molecule has 0 saturated carbocycles. The van der Waals surface area contributed by atoms with Crippen LogP contribution in [-0.2, 0) is 4.79 Å². The van der Waals surface area contributed by atoms with E-state index in [4.69, 9.17) is 0 Å². The first-order valence-electron chi connectivity index (χ1n) is 2.82. The second kappa shape index (κ2) is 3.50. The van der Waals surface area contributed by atoms with Crippen molar-refractivity contribution in [3.63, 3.8) is 0 Å². The summed E-state index contributed by atoms with van der Waals surface area (Å²) < 4.78 is 0. The molecular weight excluding hydrogens is 128 g/mol. The molecule has 0 aliphatic rings. The zero-order valence-electron chi connectivity index (χ0n) is 5.27. The molecular formula is C7H6N2O. The molecule has 0 aliphatic carbocycles. The lowest BCUT2D eigenvalue weighted by atomic mass is 10.5. The first kappa shape index (κ1) is 6.61. The molecule has 0 fully saturated rings. The summed E-state index contributed by atoms with van der Waals surface area (Å²) in [7, 11) is 0. The van der Waals surface area contributed by atoms with Gasteiger partial charge >= 0.3 is 0 Å². The third-order valence-electron chi connectivity index (χ3n) is 0.910. The predicted molar refractivity (Wildman–Crippen MR) is 37.1 cm³/mol. The van der Waals surface area contributed by atoms with Gasteiger partial charge in [0, 0.05) is 12.4 Å². The Hall–Kier alpha value is -1.51. The van der Waals surface area contributed by atoms with E-state index < -0.39 is 0 Å². The van der Waals surface area contributed by atoms with Crippen molar-refractivity contribution in [1.29, 1.82) is 0 Å². The average Bonchev–Trinajstić information content (AvgIpc) is 2.03. The molecule has 0 spiro atoms. The van der Waals surface area contributed by atoms with E-state index in [9.17, 15) is 4.79 Å². The minimum absolute atomic E-state index is 0.551. The van der Waals surface area contributed by atoms with Gasteiger partial charge < -0.3 is 0 Å². The quantitative estimate of drug-likeness (QED) is 0.441. The van der Waals surface area contributed by atoms with Gasteiger partial charge in [-0.3, -0.25) is 4.79 Å². The van der Waals surface area contributed by atoms with Crippen LogP contribution in [0.4, 0.5) is 0 Å². The molecule has 0 N–H and O–H groups in total. The van der Waals surface area contributed by atoms with Crippen LogP contribution < -0.4 is 0 Å². The second-order valence-corrected chi connectivity index (χ2v) is 1.60. The van der Waals surface area contributed by atoms with Crippen LogP contribution in [0.25, 0.3) is 6.08 Å². The fraction of sp³-hybridized carbons (Fsp3) is 0. The second-order valence-electron chi connectivity index (χ2n) is 1.60. The number of hydrogen-bond donors (Lipinski definition) is 0. The molecule has 0 unspecified atom stereocenters. The highest BCUT2D eigenvalue weighted by Gasteiger charge is 1.82. The lowest BCUT2D eigenvalue weighted by Gasteiger charge is -1.85. The monoisotopic (exact) mass is 134 g/mol. The molecule has 0 aromatic carbocycles. The average molecular weight is 134 g/mol. The van der Waals surface area contributed by atoms with Gasteiger partial charge in [0.25, 0.3) is 0 Å². The zero-order chi connectivity index (χ0) is 7.23. The van der Waals surface area contributed by atoms with Crippen LogP contribution in [0.3, 0.4) is 0 Å². The molecule has 1 aromatic heterocycles. The Balaban J connectivity index is 2.76. The van der Waals surface area contributed by atoms with Gasteiger partial charge in [0.05, 0.1) is 0 Å². The molecule has 0 saturated heterocycles. The Morgan fingerprint density at radius 3 is 2.60 bits per heavy atom. The summed E-state index contributed by atoms with van der Waals surface area (Å²) in [6.07, 6.45) is 6.84. The maximum absolute atomic E-state index is 9.84. The van der Waals surface area contributed by atoms with Gasteiger partial charge in [-0.2, -0.15) is 0 Å². The van der Waals surface area contributed by atoms with Gasteiger partial charge in [0.15, 0.2) is 5.82 Å². The van der Waals surface area contributed by atoms with Gasteiger partial charge in [-0.05, 0) is 18.2 Å². The van der Waals surface area contributed by atoms with E-state index in [0.717, 1.165) is 0 Å². The highest BCUT2D eigenvalue weighted by molar-refractivity contribution is 5.72.